The first kappa shape index (κ1) is 24.3. The van der Waals surface area contributed by atoms with Gasteiger partial charge in [0.15, 0.2) is 17.3 Å². The van der Waals surface area contributed by atoms with E-state index in [9.17, 15) is 9.18 Å². The van der Waals surface area contributed by atoms with Crippen LogP contribution in [0.15, 0.2) is 79.8 Å². The molecule has 0 bridgehead atoms. The van der Waals surface area contributed by atoms with Crippen LogP contribution in [0.25, 0.3) is 22.4 Å². The summed E-state index contributed by atoms with van der Waals surface area (Å²) in [6.07, 6.45) is 4.28. The molecule has 2 aromatic carbocycles. The van der Waals surface area contributed by atoms with E-state index < -0.39 is 23.2 Å². The van der Waals surface area contributed by atoms with Gasteiger partial charge in [-0.05, 0) is 49.0 Å². The summed E-state index contributed by atoms with van der Waals surface area (Å²) in [7, 11) is 1.45. The number of aromatic amines is 1. The van der Waals surface area contributed by atoms with Crippen molar-refractivity contribution in [2.75, 3.05) is 23.1 Å². The van der Waals surface area contributed by atoms with Crippen molar-refractivity contribution in [1.29, 1.82) is 0 Å². The van der Waals surface area contributed by atoms with Crippen molar-refractivity contribution in [3.8, 4) is 11.3 Å². The second kappa shape index (κ2) is 10.3. The minimum Gasteiger partial charge on any atom is -0.483 e. The van der Waals surface area contributed by atoms with Gasteiger partial charge in [0.05, 0.1) is 19.1 Å². The number of methoxy groups -OCH3 is 1. The third-order valence-electron chi connectivity index (χ3n) is 5.52. The number of benzene rings is 2. The third-order valence-corrected chi connectivity index (χ3v) is 5.52. The number of pyridine rings is 1. The SMILES string of the molecule is C=C(Nc1cccc(C(=O)Nc2ccc(F)c(Nc3ncccc3-c3ncnc4nc[nH]c34)c2F)c1)OC. The molecule has 3 heterocycles. The number of aromatic nitrogens is 5. The number of carbonyl (C=O) groups is 1. The molecule has 0 aliphatic carbocycles. The van der Waals surface area contributed by atoms with E-state index in [1.54, 1.807) is 30.3 Å². The lowest BCUT2D eigenvalue weighted by Crippen LogP contribution is -2.14. The predicted octanol–water partition coefficient (Wildman–Crippen LogP) is 5.22. The van der Waals surface area contributed by atoms with Gasteiger partial charge in [-0.3, -0.25) is 4.79 Å². The fraction of sp³-hybridized carbons (Fsp3) is 0.0385. The van der Waals surface area contributed by atoms with Gasteiger partial charge < -0.3 is 25.7 Å². The number of hydrogen-bond acceptors (Lipinski definition) is 8. The molecule has 5 rings (SSSR count). The summed E-state index contributed by atoms with van der Waals surface area (Å²) in [5, 5.41) is 8.08. The normalized spacial score (nSPS) is 10.7. The smallest absolute Gasteiger partial charge is 0.255 e. The van der Waals surface area contributed by atoms with E-state index in [0.29, 0.717) is 28.1 Å². The lowest BCUT2D eigenvalue weighted by molar-refractivity contribution is 0.102. The van der Waals surface area contributed by atoms with Crippen molar-refractivity contribution in [2.45, 2.75) is 0 Å². The third kappa shape index (κ3) is 4.82. The summed E-state index contributed by atoms with van der Waals surface area (Å²) in [5.41, 5.74) is 1.92. The molecule has 0 aliphatic rings. The van der Waals surface area contributed by atoms with Gasteiger partial charge in [-0.1, -0.05) is 6.07 Å². The van der Waals surface area contributed by atoms with Crippen molar-refractivity contribution in [3.05, 3.63) is 97.0 Å². The van der Waals surface area contributed by atoms with E-state index in [2.05, 4.69) is 47.4 Å². The van der Waals surface area contributed by atoms with Crippen molar-refractivity contribution < 1.29 is 18.3 Å². The summed E-state index contributed by atoms with van der Waals surface area (Å²) >= 11 is 0. The molecule has 0 saturated heterocycles. The van der Waals surface area contributed by atoms with E-state index in [-0.39, 0.29) is 23.0 Å². The van der Waals surface area contributed by atoms with Gasteiger partial charge in [0, 0.05) is 23.0 Å². The first-order valence-electron chi connectivity index (χ1n) is 11.2. The van der Waals surface area contributed by atoms with Crippen molar-refractivity contribution in [2.24, 2.45) is 0 Å². The second-order valence-corrected chi connectivity index (χ2v) is 7.92. The monoisotopic (exact) mass is 514 g/mol. The Morgan fingerprint density at radius 2 is 1.89 bits per heavy atom. The number of hydrogen-bond donors (Lipinski definition) is 4. The second-order valence-electron chi connectivity index (χ2n) is 7.92. The van der Waals surface area contributed by atoms with Gasteiger partial charge in [-0.25, -0.2) is 28.7 Å². The molecule has 4 N–H and O–H groups in total. The Morgan fingerprint density at radius 1 is 1.03 bits per heavy atom. The molecule has 0 fully saturated rings. The molecule has 1 amide bonds. The van der Waals surface area contributed by atoms with Crippen LogP contribution in [0.1, 0.15) is 10.4 Å². The summed E-state index contributed by atoms with van der Waals surface area (Å²) < 4.78 is 35.3. The van der Waals surface area contributed by atoms with Crippen LogP contribution in [0.3, 0.4) is 0 Å². The van der Waals surface area contributed by atoms with Gasteiger partial charge >= 0.3 is 0 Å². The van der Waals surface area contributed by atoms with E-state index in [1.165, 1.54) is 32.0 Å². The highest BCUT2D eigenvalue weighted by Gasteiger charge is 2.20. The highest BCUT2D eigenvalue weighted by atomic mass is 19.1. The molecular weight excluding hydrogens is 494 g/mol. The molecule has 3 aromatic heterocycles. The number of halogens is 2. The Balaban J connectivity index is 1.44. The number of nitrogens with one attached hydrogen (secondary N) is 4. The van der Waals surface area contributed by atoms with Crippen LogP contribution in [0.5, 0.6) is 0 Å². The minimum absolute atomic E-state index is 0.139. The summed E-state index contributed by atoms with van der Waals surface area (Å²) in [6, 6.07) is 12.0. The Labute approximate surface area is 214 Å². The highest BCUT2D eigenvalue weighted by molar-refractivity contribution is 6.05. The molecule has 0 radical (unpaired) electrons. The van der Waals surface area contributed by atoms with E-state index in [1.807, 2.05) is 0 Å². The average Bonchev–Trinajstić information content (AvgIpc) is 3.42. The Hall–Kier alpha value is -5.39. The largest absolute Gasteiger partial charge is 0.483 e. The maximum atomic E-state index is 15.5. The Morgan fingerprint density at radius 3 is 2.74 bits per heavy atom. The van der Waals surface area contributed by atoms with Crippen LogP contribution >= 0.6 is 0 Å². The van der Waals surface area contributed by atoms with Crippen LogP contribution in [-0.2, 0) is 4.74 Å². The lowest BCUT2D eigenvalue weighted by atomic mass is 10.1. The maximum absolute atomic E-state index is 15.5. The standard InChI is InChI=1S/C26H20F2N8O2/c1-14(38-2)34-16-6-3-5-15(11-16)26(37)35-19-9-8-18(27)22(20(19)28)36-24-17(7-4-10-29-24)21-23-25(32-12-30-21)33-13-31-23/h3-13,34H,1H2,2H3,(H,29,36)(H,35,37)(H,30,31,32,33). The zero-order valence-corrected chi connectivity index (χ0v) is 19.9. The van der Waals surface area contributed by atoms with Crippen LogP contribution in [0.2, 0.25) is 0 Å². The highest BCUT2D eigenvalue weighted by Crippen LogP contribution is 2.34. The molecule has 0 aliphatic heterocycles. The van der Waals surface area contributed by atoms with E-state index in [4.69, 9.17) is 4.74 Å². The van der Waals surface area contributed by atoms with Gasteiger partial charge in [0.1, 0.15) is 34.9 Å². The molecule has 0 unspecified atom stereocenters. The number of amides is 1. The zero-order valence-electron chi connectivity index (χ0n) is 19.9. The number of rotatable bonds is 8. The van der Waals surface area contributed by atoms with Gasteiger partial charge in [0.2, 0.25) is 0 Å². The van der Waals surface area contributed by atoms with E-state index in [0.717, 1.165) is 12.1 Å². The number of fused-ring (bicyclic) bond motifs is 1. The fourth-order valence-corrected chi connectivity index (χ4v) is 3.69. The van der Waals surface area contributed by atoms with Gasteiger partial charge in [0.25, 0.3) is 5.91 Å². The van der Waals surface area contributed by atoms with Crippen LogP contribution < -0.4 is 16.0 Å². The van der Waals surface area contributed by atoms with Gasteiger partial charge in [-0.15, -0.1) is 0 Å². The van der Waals surface area contributed by atoms with Crippen molar-refractivity contribution in [1.82, 2.24) is 24.9 Å². The first-order valence-corrected chi connectivity index (χ1v) is 11.2. The number of carbonyl (C=O) groups excluding carboxylic acids is 1. The molecule has 12 heteroatoms. The topological polar surface area (TPSA) is 130 Å². The summed E-state index contributed by atoms with van der Waals surface area (Å²) in [4.78, 5) is 32.6. The van der Waals surface area contributed by atoms with Crippen LogP contribution in [-0.4, -0.2) is 37.9 Å². The average molecular weight is 514 g/mol. The number of H-pyrrole nitrogens is 1. The number of nitrogens with zero attached hydrogens (tertiary/aromatic N) is 4. The first-order chi connectivity index (χ1) is 18.4. The molecule has 190 valence electrons. The predicted molar refractivity (Wildman–Crippen MR) is 139 cm³/mol. The zero-order chi connectivity index (χ0) is 26.6. The lowest BCUT2D eigenvalue weighted by Gasteiger charge is -2.15. The maximum Gasteiger partial charge on any atom is 0.255 e. The molecule has 5 aromatic rings. The summed E-state index contributed by atoms with van der Waals surface area (Å²) in [5.74, 6) is -2.07. The molecular formula is C26H20F2N8O2. The Bertz CT molecular complexity index is 1670. The number of imidazole rings is 1. The van der Waals surface area contributed by atoms with Crippen molar-refractivity contribution >= 4 is 40.0 Å². The molecule has 0 atom stereocenters. The van der Waals surface area contributed by atoms with Gasteiger partial charge in [-0.2, -0.15) is 0 Å². The van der Waals surface area contributed by atoms with Crippen molar-refractivity contribution in [3.63, 3.8) is 0 Å². The molecule has 38 heavy (non-hydrogen) atoms. The molecule has 0 spiro atoms. The van der Waals surface area contributed by atoms with Crippen LogP contribution in [0.4, 0.5) is 31.7 Å². The van der Waals surface area contributed by atoms with Crippen LogP contribution in [0, 0.1) is 11.6 Å². The Kier molecular flexibility index (Phi) is 6.59. The quantitative estimate of drug-likeness (QED) is 0.208. The molecule has 0 saturated carbocycles. The fourth-order valence-electron chi connectivity index (χ4n) is 3.69. The van der Waals surface area contributed by atoms with E-state index >= 15 is 4.39 Å². The summed E-state index contributed by atoms with van der Waals surface area (Å²) in [6.45, 7) is 3.67. The minimum atomic E-state index is -1.01. The molecule has 10 nitrogen and oxygen atoms in total. The number of anilines is 4. The number of ether oxygens (including phenoxy) is 1.